The zero-order chi connectivity index (χ0) is 21.1. The third-order valence-corrected chi connectivity index (χ3v) is 5.99. The largest absolute Gasteiger partial charge is 0.326 e. The van der Waals surface area contributed by atoms with Crippen LogP contribution in [0.5, 0.6) is 0 Å². The Balaban J connectivity index is 1.40. The number of carbonyl (C=O) groups is 2. The number of hydrogen-bond acceptors (Lipinski definition) is 7. The van der Waals surface area contributed by atoms with Gasteiger partial charge in [-0.15, -0.1) is 10.2 Å². The lowest BCUT2D eigenvalue weighted by Crippen LogP contribution is -2.14. The molecular weight excluding hydrogens is 420 g/mol. The van der Waals surface area contributed by atoms with Gasteiger partial charge in [0.05, 0.1) is 16.0 Å². The molecule has 4 aromatic rings. The molecule has 2 heterocycles. The molecule has 2 amide bonds. The van der Waals surface area contributed by atoms with E-state index < -0.39 is 0 Å². The predicted molar refractivity (Wildman–Crippen MR) is 119 cm³/mol. The Morgan fingerprint density at radius 2 is 1.93 bits per heavy atom. The molecule has 0 aliphatic rings. The molecule has 0 fully saturated rings. The van der Waals surface area contributed by atoms with Crippen LogP contribution in [0.25, 0.3) is 15.9 Å². The van der Waals surface area contributed by atoms with Crippen LogP contribution in [0.1, 0.15) is 12.5 Å². The monoisotopic (exact) mass is 438 g/mol. The first kappa shape index (κ1) is 20.0. The van der Waals surface area contributed by atoms with Crippen LogP contribution in [0.2, 0.25) is 0 Å². The third kappa shape index (κ3) is 4.66. The average molecular weight is 439 g/mol. The topological polar surface area (TPSA) is 102 Å². The van der Waals surface area contributed by atoms with Crippen LogP contribution in [0.4, 0.5) is 10.8 Å². The molecular formula is C20H18N6O2S2. The minimum atomic E-state index is -0.181. The molecule has 2 aromatic carbocycles. The number of hydrogen-bond donors (Lipinski definition) is 2. The molecule has 0 saturated carbocycles. The second-order valence-electron chi connectivity index (χ2n) is 6.54. The fourth-order valence-corrected chi connectivity index (χ4v) is 4.40. The molecule has 0 spiro atoms. The Hall–Kier alpha value is -3.24. The van der Waals surface area contributed by atoms with Gasteiger partial charge in [-0.1, -0.05) is 40.8 Å². The van der Waals surface area contributed by atoms with Crippen LogP contribution in [-0.4, -0.2) is 37.3 Å². The zero-order valence-electron chi connectivity index (χ0n) is 16.2. The van der Waals surface area contributed by atoms with Gasteiger partial charge in [-0.3, -0.25) is 14.2 Å². The summed E-state index contributed by atoms with van der Waals surface area (Å²) in [6.45, 7) is 3.48. The summed E-state index contributed by atoms with van der Waals surface area (Å²) in [5.41, 5.74) is 3.56. The van der Waals surface area contributed by atoms with Crippen LogP contribution < -0.4 is 10.6 Å². The number of anilines is 2. The summed E-state index contributed by atoms with van der Waals surface area (Å²) in [6.07, 6.45) is 1.63. The van der Waals surface area contributed by atoms with Gasteiger partial charge in [-0.05, 0) is 37.3 Å². The van der Waals surface area contributed by atoms with Gasteiger partial charge < -0.3 is 10.6 Å². The number of aryl methyl sites for hydroxylation is 1. The van der Waals surface area contributed by atoms with E-state index in [1.54, 1.807) is 12.4 Å². The number of rotatable bonds is 6. The molecule has 2 N–H and O–H groups in total. The normalized spacial score (nSPS) is 10.9. The van der Waals surface area contributed by atoms with Crippen LogP contribution in [0, 0.1) is 6.92 Å². The lowest BCUT2D eigenvalue weighted by Gasteiger charge is -2.06. The van der Waals surface area contributed by atoms with Gasteiger partial charge in [-0.2, -0.15) is 0 Å². The average Bonchev–Trinajstić information content (AvgIpc) is 3.32. The van der Waals surface area contributed by atoms with Crippen molar-refractivity contribution < 1.29 is 9.59 Å². The molecule has 8 nitrogen and oxygen atoms in total. The molecule has 4 rings (SSSR count). The molecule has 2 aromatic heterocycles. The van der Waals surface area contributed by atoms with Crippen molar-refractivity contribution in [1.82, 2.24) is 19.7 Å². The minimum absolute atomic E-state index is 0.136. The van der Waals surface area contributed by atoms with Gasteiger partial charge in [0.25, 0.3) is 0 Å². The van der Waals surface area contributed by atoms with Crippen molar-refractivity contribution in [1.29, 1.82) is 0 Å². The Morgan fingerprint density at radius 1 is 1.13 bits per heavy atom. The smallest absolute Gasteiger partial charge is 0.236 e. The summed E-state index contributed by atoms with van der Waals surface area (Å²) in [4.78, 5) is 28.0. The summed E-state index contributed by atoms with van der Waals surface area (Å²) in [5, 5.41) is 14.8. The fourth-order valence-electron chi connectivity index (χ4n) is 2.75. The van der Waals surface area contributed by atoms with Crippen molar-refractivity contribution in [3.63, 3.8) is 0 Å². The number of nitrogens with zero attached hydrogens (tertiary/aromatic N) is 4. The molecule has 0 saturated heterocycles. The highest BCUT2D eigenvalue weighted by molar-refractivity contribution is 7.99. The van der Waals surface area contributed by atoms with Gasteiger partial charge in [0.2, 0.25) is 11.8 Å². The number of thioether (sulfide) groups is 1. The standard InChI is InChI=1S/C20H18N6O2S2/c1-12-3-6-15(7-4-12)26-11-21-25-20(26)29-10-18(28)24-19-23-16-8-5-14(22-13(2)27)9-17(16)30-19/h3-9,11H,10H2,1-2H3,(H,22,27)(H,23,24,28). The lowest BCUT2D eigenvalue weighted by atomic mass is 10.2. The molecule has 0 bridgehead atoms. The molecule has 0 radical (unpaired) electrons. The Bertz CT molecular complexity index is 1220. The van der Waals surface area contributed by atoms with Crippen molar-refractivity contribution in [2.75, 3.05) is 16.4 Å². The lowest BCUT2D eigenvalue weighted by molar-refractivity contribution is -0.114. The molecule has 0 unspecified atom stereocenters. The molecule has 0 aliphatic carbocycles. The minimum Gasteiger partial charge on any atom is -0.326 e. The summed E-state index contributed by atoms with van der Waals surface area (Å²) in [7, 11) is 0. The van der Waals surface area contributed by atoms with E-state index >= 15 is 0 Å². The number of fused-ring (bicyclic) bond motifs is 1. The van der Waals surface area contributed by atoms with Crippen LogP contribution >= 0.6 is 23.1 Å². The van der Waals surface area contributed by atoms with Crippen LogP contribution in [0.15, 0.2) is 53.9 Å². The number of thiazole rings is 1. The summed E-state index contributed by atoms with van der Waals surface area (Å²) >= 11 is 2.66. The maximum atomic E-state index is 12.4. The maximum Gasteiger partial charge on any atom is 0.236 e. The van der Waals surface area contributed by atoms with E-state index in [0.717, 1.165) is 15.9 Å². The van der Waals surface area contributed by atoms with Crippen LogP contribution in [-0.2, 0) is 9.59 Å². The van der Waals surface area contributed by atoms with Crippen molar-refractivity contribution >= 4 is 55.9 Å². The molecule has 10 heteroatoms. The second-order valence-corrected chi connectivity index (χ2v) is 8.51. The zero-order valence-corrected chi connectivity index (χ0v) is 17.9. The number of amides is 2. The first-order chi connectivity index (χ1) is 14.5. The highest BCUT2D eigenvalue weighted by Gasteiger charge is 2.12. The molecule has 30 heavy (non-hydrogen) atoms. The maximum absolute atomic E-state index is 12.4. The highest BCUT2D eigenvalue weighted by atomic mass is 32.2. The molecule has 0 aliphatic heterocycles. The SMILES string of the molecule is CC(=O)Nc1ccc2nc(NC(=O)CSc3nncn3-c3ccc(C)cc3)sc2c1. The van der Waals surface area contributed by atoms with Gasteiger partial charge in [-0.25, -0.2) is 4.98 Å². The Kier molecular flexibility index (Phi) is 5.77. The van der Waals surface area contributed by atoms with E-state index in [-0.39, 0.29) is 17.6 Å². The fraction of sp³-hybridized carbons (Fsp3) is 0.150. The quantitative estimate of drug-likeness (QED) is 0.443. The van der Waals surface area contributed by atoms with Crippen molar-refractivity contribution in [2.24, 2.45) is 0 Å². The Morgan fingerprint density at radius 3 is 2.70 bits per heavy atom. The third-order valence-electron chi connectivity index (χ3n) is 4.12. The first-order valence-corrected chi connectivity index (χ1v) is 10.9. The van der Waals surface area contributed by atoms with E-state index in [4.69, 9.17) is 0 Å². The van der Waals surface area contributed by atoms with Crippen molar-refractivity contribution in [2.45, 2.75) is 19.0 Å². The van der Waals surface area contributed by atoms with Crippen molar-refractivity contribution in [3.8, 4) is 5.69 Å². The predicted octanol–water partition coefficient (Wildman–Crippen LogP) is 3.87. The second kappa shape index (κ2) is 8.64. The molecule has 0 atom stereocenters. The van der Waals surface area contributed by atoms with E-state index in [9.17, 15) is 9.59 Å². The summed E-state index contributed by atoms with van der Waals surface area (Å²) in [6, 6.07) is 13.4. The van der Waals surface area contributed by atoms with Gasteiger partial charge in [0.15, 0.2) is 10.3 Å². The summed E-state index contributed by atoms with van der Waals surface area (Å²) in [5.74, 6) is -0.139. The van der Waals surface area contributed by atoms with Gasteiger partial charge in [0, 0.05) is 18.3 Å². The van der Waals surface area contributed by atoms with E-state index in [1.807, 2.05) is 47.9 Å². The number of nitrogens with one attached hydrogen (secondary N) is 2. The van der Waals surface area contributed by atoms with Gasteiger partial charge in [0.1, 0.15) is 6.33 Å². The van der Waals surface area contributed by atoms with Crippen LogP contribution in [0.3, 0.4) is 0 Å². The summed E-state index contributed by atoms with van der Waals surface area (Å²) < 4.78 is 2.72. The molecule has 152 valence electrons. The van der Waals surface area contributed by atoms with Crippen molar-refractivity contribution in [3.05, 3.63) is 54.4 Å². The van der Waals surface area contributed by atoms with E-state index in [2.05, 4.69) is 25.8 Å². The van der Waals surface area contributed by atoms with E-state index in [0.29, 0.717) is 16.0 Å². The number of aromatic nitrogens is 4. The van der Waals surface area contributed by atoms with E-state index in [1.165, 1.54) is 35.6 Å². The number of carbonyl (C=O) groups excluding carboxylic acids is 2. The highest BCUT2D eigenvalue weighted by Crippen LogP contribution is 2.29. The number of benzene rings is 2. The first-order valence-electron chi connectivity index (χ1n) is 9.06. The van der Waals surface area contributed by atoms with Gasteiger partial charge >= 0.3 is 0 Å². The Labute approximate surface area is 180 Å².